The quantitative estimate of drug-likeness (QED) is 0.773. The van der Waals surface area contributed by atoms with E-state index in [-0.39, 0.29) is 12.2 Å². The molecule has 96 valence electrons. The van der Waals surface area contributed by atoms with Crippen molar-refractivity contribution < 1.29 is 22.7 Å². The van der Waals surface area contributed by atoms with Gasteiger partial charge in [-0.05, 0) is 26.3 Å². The van der Waals surface area contributed by atoms with Crippen LogP contribution in [-0.2, 0) is 15.7 Å². The monoisotopic (exact) mass is 250 g/mol. The molecule has 17 heavy (non-hydrogen) atoms. The third kappa shape index (κ3) is 2.98. The van der Waals surface area contributed by atoms with E-state index < -0.39 is 23.9 Å². The molecule has 1 aromatic heterocycles. The predicted octanol–water partition coefficient (Wildman–Crippen LogP) is 2.33. The van der Waals surface area contributed by atoms with Crippen molar-refractivity contribution in [1.29, 1.82) is 0 Å². The molecule has 0 amide bonds. The van der Waals surface area contributed by atoms with E-state index in [9.17, 15) is 18.0 Å². The maximum Gasteiger partial charge on any atom is 0.435 e. The van der Waals surface area contributed by atoms with Crippen molar-refractivity contribution in [2.45, 2.75) is 33.0 Å². The van der Waals surface area contributed by atoms with Crippen LogP contribution in [0.15, 0.2) is 6.20 Å². The molecule has 1 rings (SSSR count). The molecule has 0 bridgehead atoms. The van der Waals surface area contributed by atoms with Gasteiger partial charge < -0.3 is 4.74 Å². The van der Waals surface area contributed by atoms with E-state index in [4.69, 9.17) is 4.74 Å². The third-order valence-electron chi connectivity index (χ3n) is 2.21. The highest BCUT2D eigenvalue weighted by molar-refractivity contribution is 5.73. The molecule has 0 radical (unpaired) electrons. The Morgan fingerprint density at radius 2 is 2.18 bits per heavy atom. The van der Waals surface area contributed by atoms with E-state index in [1.807, 2.05) is 0 Å². The molecule has 1 heterocycles. The van der Waals surface area contributed by atoms with Crippen LogP contribution >= 0.6 is 0 Å². The van der Waals surface area contributed by atoms with Crippen molar-refractivity contribution in [2.24, 2.45) is 0 Å². The molecule has 1 atom stereocenters. The molecule has 0 fully saturated rings. The molecule has 0 aliphatic carbocycles. The highest BCUT2D eigenvalue weighted by atomic mass is 19.4. The summed E-state index contributed by atoms with van der Waals surface area (Å²) in [6.45, 7) is 4.53. The number of carbonyl (C=O) groups excluding carboxylic acids is 1. The Morgan fingerprint density at radius 3 is 2.59 bits per heavy atom. The molecule has 0 aromatic carbocycles. The van der Waals surface area contributed by atoms with Crippen LogP contribution in [0.25, 0.3) is 0 Å². The van der Waals surface area contributed by atoms with Gasteiger partial charge in [-0.2, -0.15) is 18.3 Å². The zero-order valence-electron chi connectivity index (χ0n) is 9.71. The Hall–Kier alpha value is -1.53. The van der Waals surface area contributed by atoms with Gasteiger partial charge in [-0.15, -0.1) is 0 Å². The lowest BCUT2D eigenvalue weighted by molar-refractivity contribution is -0.148. The number of halogens is 3. The Labute approximate surface area is 96.4 Å². The average Bonchev–Trinajstić information content (AvgIpc) is 2.59. The molecule has 0 saturated heterocycles. The Morgan fingerprint density at radius 1 is 1.59 bits per heavy atom. The van der Waals surface area contributed by atoms with Crippen molar-refractivity contribution >= 4 is 5.97 Å². The molecule has 7 heteroatoms. The smallest absolute Gasteiger partial charge is 0.435 e. The Bertz CT molecular complexity index is 412. The number of rotatable bonds is 3. The average molecular weight is 250 g/mol. The summed E-state index contributed by atoms with van der Waals surface area (Å²) in [7, 11) is 0. The summed E-state index contributed by atoms with van der Waals surface area (Å²) in [6, 6.07) is -0.871. The van der Waals surface area contributed by atoms with Gasteiger partial charge >= 0.3 is 12.1 Å². The summed E-state index contributed by atoms with van der Waals surface area (Å²) in [6.07, 6.45) is -3.33. The zero-order valence-corrected chi connectivity index (χ0v) is 9.71. The van der Waals surface area contributed by atoms with Crippen LogP contribution in [0, 0.1) is 6.92 Å². The topological polar surface area (TPSA) is 44.1 Å². The molecule has 0 spiro atoms. The molecule has 0 aliphatic heterocycles. The third-order valence-corrected chi connectivity index (χ3v) is 2.21. The van der Waals surface area contributed by atoms with Crippen LogP contribution in [0.2, 0.25) is 0 Å². The molecule has 4 nitrogen and oxygen atoms in total. The van der Waals surface area contributed by atoms with Crippen LogP contribution < -0.4 is 0 Å². The normalized spacial score (nSPS) is 13.5. The summed E-state index contributed by atoms with van der Waals surface area (Å²) >= 11 is 0. The zero-order chi connectivity index (χ0) is 13.2. The molecule has 0 saturated carbocycles. The first kappa shape index (κ1) is 13.5. The van der Waals surface area contributed by atoms with E-state index in [0.717, 1.165) is 4.68 Å². The number of ether oxygens (including phenoxy) is 1. The van der Waals surface area contributed by atoms with Crippen molar-refractivity contribution in [3.63, 3.8) is 0 Å². The summed E-state index contributed by atoms with van der Waals surface area (Å²) in [5.41, 5.74) is -0.998. The van der Waals surface area contributed by atoms with E-state index in [0.29, 0.717) is 0 Å². The van der Waals surface area contributed by atoms with E-state index in [1.54, 1.807) is 6.92 Å². The first-order chi connectivity index (χ1) is 7.77. The maximum atomic E-state index is 12.5. The molecular weight excluding hydrogens is 237 g/mol. The standard InChI is InChI=1S/C10H13F3N2O2/c1-4-17-9(16)7(3)15-5-6(2)8(14-15)10(11,12)13/h5,7H,4H2,1-3H3/t7-/m1/s1. The molecule has 0 aliphatic rings. The first-order valence-electron chi connectivity index (χ1n) is 5.07. The van der Waals surface area contributed by atoms with Crippen LogP contribution in [0.3, 0.4) is 0 Å². The summed E-state index contributed by atoms with van der Waals surface area (Å²) in [4.78, 5) is 11.3. The van der Waals surface area contributed by atoms with Gasteiger partial charge in [0.15, 0.2) is 5.69 Å². The number of aromatic nitrogens is 2. The number of alkyl halides is 3. The second-order valence-electron chi connectivity index (χ2n) is 3.57. The van der Waals surface area contributed by atoms with Gasteiger partial charge in [0.2, 0.25) is 0 Å². The molecule has 0 unspecified atom stereocenters. The second kappa shape index (κ2) is 4.77. The second-order valence-corrected chi connectivity index (χ2v) is 3.57. The molecular formula is C10H13F3N2O2. The first-order valence-corrected chi connectivity index (χ1v) is 5.07. The minimum absolute atomic E-state index is 0.0198. The summed E-state index contributed by atoms with van der Waals surface area (Å²) in [5, 5.41) is 3.38. The Kier molecular flexibility index (Phi) is 3.79. The highest BCUT2D eigenvalue weighted by Crippen LogP contribution is 2.30. The molecule has 1 aromatic rings. The number of carbonyl (C=O) groups is 1. The van der Waals surface area contributed by atoms with Crippen molar-refractivity contribution in [3.05, 3.63) is 17.5 Å². The minimum atomic E-state index is -4.51. The van der Waals surface area contributed by atoms with E-state index >= 15 is 0 Å². The van der Waals surface area contributed by atoms with Gasteiger partial charge in [0.1, 0.15) is 6.04 Å². The van der Waals surface area contributed by atoms with Crippen LogP contribution in [0.1, 0.15) is 31.1 Å². The van der Waals surface area contributed by atoms with Crippen molar-refractivity contribution in [2.75, 3.05) is 6.61 Å². The van der Waals surface area contributed by atoms with Crippen LogP contribution in [0.5, 0.6) is 0 Å². The number of nitrogens with zero attached hydrogens (tertiary/aromatic N) is 2. The van der Waals surface area contributed by atoms with Crippen LogP contribution in [0.4, 0.5) is 13.2 Å². The number of aryl methyl sites for hydroxylation is 1. The lowest BCUT2D eigenvalue weighted by atomic mass is 10.3. The van der Waals surface area contributed by atoms with Gasteiger partial charge in [0.25, 0.3) is 0 Å². The maximum absolute atomic E-state index is 12.5. The number of hydrogen-bond donors (Lipinski definition) is 0. The summed E-state index contributed by atoms with van der Waals surface area (Å²) < 4.78 is 43.1. The fraction of sp³-hybridized carbons (Fsp3) is 0.600. The van der Waals surface area contributed by atoms with Gasteiger partial charge in [-0.3, -0.25) is 4.68 Å². The lowest BCUT2D eigenvalue weighted by Gasteiger charge is -2.10. The van der Waals surface area contributed by atoms with Crippen molar-refractivity contribution in [1.82, 2.24) is 9.78 Å². The molecule has 0 N–H and O–H groups in total. The minimum Gasteiger partial charge on any atom is -0.464 e. The summed E-state index contributed by atoms with van der Waals surface area (Å²) in [5.74, 6) is -0.608. The lowest BCUT2D eigenvalue weighted by Crippen LogP contribution is -2.20. The number of hydrogen-bond acceptors (Lipinski definition) is 3. The van der Waals surface area contributed by atoms with Crippen molar-refractivity contribution in [3.8, 4) is 0 Å². The SMILES string of the molecule is CCOC(=O)[C@@H](C)n1cc(C)c(C(F)(F)F)n1. The highest BCUT2D eigenvalue weighted by Gasteiger charge is 2.36. The van der Waals surface area contributed by atoms with E-state index in [2.05, 4.69) is 5.10 Å². The van der Waals surface area contributed by atoms with Gasteiger partial charge in [-0.1, -0.05) is 0 Å². The van der Waals surface area contributed by atoms with Gasteiger partial charge in [-0.25, -0.2) is 4.79 Å². The van der Waals surface area contributed by atoms with Gasteiger partial charge in [0, 0.05) is 6.20 Å². The van der Waals surface area contributed by atoms with E-state index in [1.165, 1.54) is 20.0 Å². The van der Waals surface area contributed by atoms with Gasteiger partial charge in [0.05, 0.1) is 6.61 Å². The Balaban J connectivity index is 2.98. The fourth-order valence-corrected chi connectivity index (χ4v) is 1.33. The van der Waals surface area contributed by atoms with Crippen LogP contribution in [-0.4, -0.2) is 22.4 Å². The fourth-order valence-electron chi connectivity index (χ4n) is 1.33. The largest absolute Gasteiger partial charge is 0.464 e. The number of esters is 1. The predicted molar refractivity (Wildman–Crippen MR) is 53.3 cm³/mol.